The van der Waals surface area contributed by atoms with E-state index in [2.05, 4.69) is 57.3 Å². The Kier molecular flexibility index (Phi) is 7.83. The lowest BCUT2D eigenvalue weighted by Crippen LogP contribution is -2.42. The molecule has 0 aliphatic carbocycles. The molecule has 1 atom stereocenters. The second-order valence-electron chi connectivity index (χ2n) is 10.1. The van der Waals surface area contributed by atoms with Crippen molar-refractivity contribution in [3.05, 3.63) is 35.3 Å². The van der Waals surface area contributed by atoms with E-state index in [1.165, 1.54) is 0 Å². The van der Waals surface area contributed by atoms with Crippen molar-refractivity contribution in [1.29, 1.82) is 0 Å². The van der Waals surface area contributed by atoms with Gasteiger partial charge in [-0.1, -0.05) is 19.4 Å². The van der Waals surface area contributed by atoms with Crippen LogP contribution in [0.15, 0.2) is 18.5 Å². The molecule has 1 unspecified atom stereocenters. The molecule has 3 aromatic heterocycles. The minimum atomic E-state index is -1.42. The highest BCUT2D eigenvalue weighted by Gasteiger charge is 2.25. The average molecular weight is 481 g/mol. The van der Waals surface area contributed by atoms with Crippen LogP contribution < -0.4 is 16.0 Å². The van der Waals surface area contributed by atoms with E-state index in [0.29, 0.717) is 30.5 Å². The maximum absolute atomic E-state index is 6.19. The number of imidazole rings is 1. The molecule has 3 aromatic rings. The molecule has 4 rings (SSSR count). The minimum Gasteiger partial charge on any atom is -0.380 e. The van der Waals surface area contributed by atoms with Crippen LogP contribution in [0.4, 0.5) is 17.6 Å². The SMILES string of the molecule is [B]C([B])([B])C(CCC)Nc1nc(N)c2ncc(Cc3cnc(N4CCC(N(C)C)CC4)c(C)c3)n2n1. The van der Waals surface area contributed by atoms with Gasteiger partial charge >= 0.3 is 0 Å². The Morgan fingerprint density at radius 2 is 1.92 bits per heavy atom. The average Bonchev–Trinajstić information content (AvgIpc) is 3.21. The number of hydrogen-bond acceptors (Lipinski definition) is 8. The van der Waals surface area contributed by atoms with Crippen LogP contribution in [0.1, 0.15) is 49.4 Å². The van der Waals surface area contributed by atoms with Crippen molar-refractivity contribution in [2.24, 2.45) is 0 Å². The first-order valence-corrected chi connectivity index (χ1v) is 12.6. The third-order valence-electron chi connectivity index (χ3n) is 6.93. The van der Waals surface area contributed by atoms with Gasteiger partial charge in [-0.25, -0.2) is 14.5 Å². The quantitative estimate of drug-likeness (QED) is 0.446. The van der Waals surface area contributed by atoms with Crippen LogP contribution in [0.2, 0.25) is 5.11 Å². The minimum absolute atomic E-state index is 0.261. The molecule has 184 valence electrons. The fourth-order valence-corrected chi connectivity index (χ4v) is 4.88. The number of hydrogen-bond donors (Lipinski definition) is 2. The standard InChI is InChI=1S/C24H34B3N9/c1-5-6-19(24(25,26)27)31-23-32-20(28)22-30-14-18(36(22)33-23)12-16-11-15(2)21(29-13-16)35-9-7-17(8-10-35)34(3)4/h11,13-14,17,19H,5-10,12H2,1-4H3,(H3,28,31,32,33). The number of pyridine rings is 1. The molecule has 3 N–H and O–H groups in total. The highest BCUT2D eigenvalue weighted by molar-refractivity contribution is 6.59. The van der Waals surface area contributed by atoms with E-state index in [-0.39, 0.29) is 5.82 Å². The van der Waals surface area contributed by atoms with Crippen molar-refractivity contribution >= 4 is 46.8 Å². The van der Waals surface area contributed by atoms with Crippen LogP contribution in [0.25, 0.3) is 5.65 Å². The second-order valence-corrected chi connectivity index (χ2v) is 10.1. The van der Waals surface area contributed by atoms with Gasteiger partial charge < -0.3 is 20.9 Å². The predicted octanol–water partition coefficient (Wildman–Crippen LogP) is 1.69. The Hall–Kier alpha value is -2.75. The van der Waals surface area contributed by atoms with Crippen molar-refractivity contribution in [1.82, 2.24) is 29.5 Å². The summed E-state index contributed by atoms with van der Waals surface area (Å²) in [6.45, 7) is 6.18. The lowest BCUT2D eigenvalue weighted by Gasteiger charge is -2.36. The number of aryl methyl sites for hydroxylation is 1. The van der Waals surface area contributed by atoms with Gasteiger partial charge in [0.05, 0.1) is 35.4 Å². The van der Waals surface area contributed by atoms with Crippen molar-refractivity contribution in [2.75, 3.05) is 43.1 Å². The third-order valence-corrected chi connectivity index (χ3v) is 6.93. The van der Waals surface area contributed by atoms with Crippen LogP contribution in [0, 0.1) is 6.92 Å². The van der Waals surface area contributed by atoms with E-state index in [1.807, 2.05) is 13.1 Å². The Bertz CT molecular complexity index is 1180. The smallest absolute Gasteiger partial charge is 0.243 e. The summed E-state index contributed by atoms with van der Waals surface area (Å²) in [5, 5.41) is 6.34. The van der Waals surface area contributed by atoms with Crippen LogP contribution in [-0.4, -0.2) is 92.3 Å². The number of rotatable bonds is 9. The van der Waals surface area contributed by atoms with E-state index in [1.54, 1.807) is 10.7 Å². The summed E-state index contributed by atoms with van der Waals surface area (Å²) in [6, 6.07) is 2.40. The number of nitrogens with two attached hydrogens (primary N) is 1. The van der Waals surface area contributed by atoms with Gasteiger partial charge in [0.2, 0.25) is 5.95 Å². The molecule has 0 aromatic carbocycles. The number of anilines is 3. The lowest BCUT2D eigenvalue weighted by molar-refractivity contribution is 0.249. The van der Waals surface area contributed by atoms with Gasteiger partial charge in [-0.3, -0.25) is 0 Å². The van der Waals surface area contributed by atoms with Gasteiger partial charge in [-0.2, -0.15) is 4.98 Å². The largest absolute Gasteiger partial charge is 0.380 e. The molecular formula is C24H34B3N9. The molecule has 12 heteroatoms. The Labute approximate surface area is 217 Å². The molecule has 1 saturated heterocycles. The topological polar surface area (TPSA) is 100 Å². The third kappa shape index (κ3) is 5.80. The van der Waals surface area contributed by atoms with Gasteiger partial charge in [0, 0.05) is 37.8 Å². The molecule has 4 heterocycles. The van der Waals surface area contributed by atoms with Crippen LogP contribution in [-0.2, 0) is 6.42 Å². The summed E-state index contributed by atoms with van der Waals surface area (Å²) in [5.41, 5.74) is 9.78. The molecule has 0 saturated carbocycles. The van der Waals surface area contributed by atoms with Gasteiger partial charge in [-0.05, 0) is 51.4 Å². The summed E-state index contributed by atoms with van der Waals surface area (Å²) in [4.78, 5) is 18.3. The second kappa shape index (κ2) is 10.7. The van der Waals surface area contributed by atoms with Gasteiger partial charge in [0.1, 0.15) is 5.82 Å². The lowest BCUT2D eigenvalue weighted by atomic mass is 9.39. The van der Waals surface area contributed by atoms with Gasteiger partial charge in [0.15, 0.2) is 11.5 Å². The zero-order chi connectivity index (χ0) is 26.0. The Balaban J connectivity index is 1.53. The van der Waals surface area contributed by atoms with E-state index >= 15 is 0 Å². The van der Waals surface area contributed by atoms with Crippen molar-refractivity contribution in [3.63, 3.8) is 0 Å². The van der Waals surface area contributed by atoms with Gasteiger partial charge in [-0.15, -0.1) is 10.2 Å². The predicted molar refractivity (Wildman–Crippen MR) is 148 cm³/mol. The fraction of sp³-hybridized carbons (Fsp3) is 0.583. The van der Waals surface area contributed by atoms with Crippen molar-refractivity contribution in [2.45, 2.75) is 63.1 Å². The van der Waals surface area contributed by atoms with E-state index in [4.69, 9.17) is 34.3 Å². The number of nitrogen functional groups attached to an aromatic ring is 1. The summed E-state index contributed by atoms with van der Waals surface area (Å²) in [6.07, 6.45) is 8.10. The van der Waals surface area contributed by atoms with E-state index in [9.17, 15) is 0 Å². The summed E-state index contributed by atoms with van der Waals surface area (Å²) in [5.74, 6) is 1.62. The number of fused-ring (bicyclic) bond motifs is 1. The number of aromatic nitrogens is 5. The zero-order valence-corrected chi connectivity index (χ0v) is 21.8. The van der Waals surface area contributed by atoms with Crippen LogP contribution >= 0.6 is 0 Å². The summed E-state index contributed by atoms with van der Waals surface area (Å²) in [7, 11) is 22.2. The molecule has 1 fully saturated rings. The van der Waals surface area contributed by atoms with E-state index in [0.717, 1.165) is 55.0 Å². The monoisotopic (exact) mass is 481 g/mol. The molecule has 1 aliphatic heterocycles. The molecule has 6 radical (unpaired) electrons. The first kappa shape index (κ1) is 26.3. The maximum Gasteiger partial charge on any atom is 0.243 e. The Morgan fingerprint density at radius 3 is 2.53 bits per heavy atom. The number of piperidine rings is 1. The molecule has 1 aliphatic rings. The van der Waals surface area contributed by atoms with Crippen LogP contribution in [0.5, 0.6) is 0 Å². The van der Waals surface area contributed by atoms with Crippen LogP contribution in [0.3, 0.4) is 0 Å². The highest BCUT2D eigenvalue weighted by atomic mass is 15.3. The zero-order valence-electron chi connectivity index (χ0n) is 21.8. The first-order chi connectivity index (χ1) is 17.1. The van der Waals surface area contributed by atoms with Crippen molar-refractivity contribution in [3.8, 4) is 0 Å². The van der Waals surface area contributed by atoms with Crippen molar-refractivity contribution < 1.29 is 0 Å². The summed E-state index contributed by atoms with van der Waals surface area (Å²) >= 11 is 0. The first-order valence-electron chi connectivity index (χ1n) is 12.6. The molecule has 0 bridgehead atoms. The normalized spacial score (nSPS) is 16.1. The molecule has 36 heavy (non-hydrogen) atoms. The van der Waals surface area contributed by atoms with E-state index < -0.39 is 11.2 Å². The number of nitrogens with one attached hydrogen (secondary N) is 1. The number of nitrogens with zero attached hydrogens (tertiary/aromatic N) is 7. The van der Waals surface area contributed by atoms with Gasteiger partial charge in [0.25, 0.3) is 0 Å². The molecular weight excluding hydrogens is 447 g/mol. The fourth-order valence-electron chi connectivity index (χ4n) is 4.88. The molecule has 0 amide bonds. The maximum atomic E-state index is 6.19. The molecule has 9 nitrogen and oxygen atoms in total. The summed E-state index contributed by atoms with van der Waals surface area (Å²) < 4.78 is 1.70. The highest BCUT2D eigenvalue weighted by Crippen LogP contribution is 2.26. The Morgan fingerprint density at radius 1 is 1.19 bits per heavy atom. The molecule has 0 spiro atoms.